The molecule has 28 heavy (non-hydrogen) atoms. The molecule has 0 unspecified atom stereocenters. The quantitative estimate of drug-likeness (QED) is 0.264. The predicted octanol–water partition coefficient (Wildman–Crippen LogP) is 5.99. The molecule has 0 N–H and O–H groups in total. The first kappa shape index (κ1) is 22.6. The van der Waals surface area contributed by atoms with Gasteiger partial charge in [0.15, 0.2) is 24.8 Å². The molecule has 2 rings (SSSR count). The number of nitrogens with zero attached hydrogens (tertiary/aromatic N) is 2. The van der Waals surface area contributed by atoms with E-state index in [0.29, 0.717) is 0 Å². The van der Waals surface area contributed by atoms with Gasteiger partial charge >= 0.3 is 0 Å². The fourth-order valence-corrected chi connectivity index (χ4v) is 3.91. The highest BCUT2D eigenvalue weighted by Crippen LogP contribution is 2.13. The van der Waals surface area contributed by atoms with Crippen molar-refractivity contribution in [1.82, 2.24) is 0 Å². The summed E-state index contributed by atoms with van der Waals surface area (Å²) in [6, 6.07) is 8.90. The van der Waals surface area contributed by atoms with Gasteiger partial charge in [0.2, 0.25) is 0 Å². The summed E-state index contributed by atoms with van der Waals surface area (Å²) in [4.78, 5) is 0. The van der Waals surface area contributed by atoms with E-state index in [4.69, 9.17) is 0 Å². The molecule has 0 saturated heterocycles. The Morgan fingerprint density at radius 3 is 1.25 bits per heavy atom. The molecular formula is C26H42N2+2. The molecule has 2 heterocycles. The monoisotopic (exact) mass is 382 g/mol. The Hall–Kier alpha value is -1.70. The Bertz CT molecular complexity index is 593. The minimum atomic E-state index is 1.07. The van der Waals surface area contributed by atoms with Crippen LogP contribution in [0.25, 0.3) is 0 Å². The molecule has 2 heteroatoms. The average Bonchev–Trinajstić information content (AvgIpc) is 2.74. The average molecular weight is 383 g/mol. The molecular weight excluding hydrogens is 340 g/mol. The first-order chi connectivity index (χ1) is 13.8. The zero-order valence-corrected chi connectivity index (χ0v) is 18.4. The Morgan fingerprint density at radius 1 is 0.536 bits per heavy atom. The van der Waals surface area contributed by atoms with Crippen LogP contribution in [0.2, 0.25) is 0 Å². The lowest BCUT2D eigenvalue weighted by molar-refractivity contribution is -0.694. The Labute approximate surface area is 173 Å². The number of aromatic nitrogens is 2. The molecule has 0 amide bonds. The predicted molar refractivity (Wildman–Crippen MR) is 118 cm³/mol. The lowest BCUT2D eigenvalue weighted by Crippen LogP contribution is -2.31. The summed E-state index contributed by atoms with van der Waals surface area (Å²) in [5.41, 5.74) is 2.98. The maximum absolute atomic E-state index is 2.30. The van der Waals surface area contributed by atoms with Gasteiger partial charge < -0.3 is 0 Å². The molecule has 0 radical (unpaired) electrons. The number of rotatable bonds is 15. The van der Waals surface area contributed by atoms with Crippen LogP contribution in [0.1, 0.15) is 89.2 Å². The minimum Gasteiger partial charge on any atom is -0.205 e. The molecule has 0 aliphatic heterocycles. The van der Waals surface area contributed by atoms with Gasteiger partial charge in [-0.25, -0.2) is 9.13 Å². The zero-order valence-electron chi connectivity index (χ0n) is 18.4. The molecule has 0 aliphatic carbocycles. The Balaban J connectivity index is 1.38. The van der Waals surface area contributed by atoms with Crippen molar-refractivity contribution in [2.75, 3.05) is 0 Å². The maximum atomic E-state index is 2.30. The van der Waals surface area contributed by atoms with Gasteiger partial charge in [0.05, 0.1) is 0 Å². The number of pyridine rings is 2. The molecule has 0 aromatic carbocycles. The van der Waals surface area contributed by atoms with E-state index in [1.807, 2.05) is 0 Å². The molecule has 2 nitrogen and oxygen atoms in total. The molecule has 0 atom stereocenters. The smallest absolute Gasteiger partial charge is 0.171 e. The van der Waals surface area contributed by atoms with Crippen LogP contribution in [-0.4, -0.2) is 0 Å². The third-order valence-corrected chi connectivity index (χ3v) is 5.75. The molecule has 154 valence electrons. The third-order valence-electron chi connectivity index (χ3n) is 5.75. The van der Waals surface area contributed by atoms with Crippen molar-refractivity contribution in [3.63, 3.8) is 0 Å². The fraction of sp³-hybridized carbons (Fsp3) is 0.615. The van der Waals surface area contributed by atoms with Gasteiger partial charge in [-0.1, -0.05) is 51.4 Å². The van der Waals surface area contributed by atoms with Gasteiger partial charge in [0.1, 0.15) is 13.1 Å². The van der Waals surface area contributed by atoms with Crippen LogP contribution in [0.15, 0.2) is 49.1 Å². The van der Waals surface area contributed by atoms with Crippen molar-refractivity contribution >= 4 is 0 Å². The van der Waals surface area contributed by atoms with E-state index >= 15 is 0 Å². The number of unbranched alkanes of at least 4 members (excludes halogenated alkanes) is 9. The van der Waals surface area contributed by atoms with Gasteiger partial charge in [0.25, 0.3) is 0 Å². The second-order valence-corrected chi connectivity index (χ2v) is 8.12. The van der Waals surface area contributed by atoms with Crippen molar-refractivity contribution in [1.29, 1.82) is 0 Å². The summed E-state index contributed by atoms with van der Waals surface area (Å²) in [5.74, 6) is 0. The van der Waals surface area contributed by atoms with E-state index in [9.17, 15) is 0 Å². The van der Waals surface area contributed by atoms with Gasteiger partial charge in [-0.15, -0.1) is 0 Å². The summed E-state index contributed by atoms with van der Waals surface area (Å²) in [5, 5.41) is 0. The van der Waals surface area contributed by atoms with E-state index < -0.39 is 0 Å². The number of aryl methyl sites for hydroxylation is 4. The maximum Gasteiger partial charge on any atom is 0.171 e. The summed E-state index contributed by atoms with van der Waals surface area (Å²) in [6.45, 7) is 6.54. The van der Waals surface area contributed by atoms with Crippen molar-refractivity contribution < 1.29 is 9.13 Å². The molecule has 0 aliphatic rings. The zero-order chi connectivity index (χ0) is 19.9. The van der Waals surface area contributed by atoms with Crippen LogP contribution in [0.4, 0.5) is 0 Å². The second-order valence-electron chi connectivity index (χ2n) is 8.12. The first-order valence-electron chi connectivity index (χ1n) is 11.8. The van der Waals surface area contributed by atoms with Crippen molar-refractivity contribution in [2.45, 2.75) is 104 Å². The highest BCUT2D eigenvalue weighted by atomic mass is 14.9. The highest BCUT2D eigenvalue weighted by molar-refractivity contribution is 5.05. The second kappa shape index (κ2) is 14.3. The van der Waals surface area contributed by atoms with Gasteiger partial charge in [-0.05, 0) is 51.7 Å². The van der Waals surface area contributed by atoms with Crippen LogP contribution in [0.3, 0.4) is 0 Å². The molecule has 0 saturated carbocycles. The van der Waals surface area contributed by atoms with Gasteiger partial charge in [0, 0.05) is 23.3 Å². The molecule has 2 aromatic heterocycles. The van der Waals surface area contributed by atoms with Crippen LogP contribution >= 0.6 is 0 Å². The number of hydrogen-bond acceptors (Lipinski definition) is 0. The summed E-state index contributed by atoms with van der Waals surface area (Å²) in [7, 11) is 0. The summed E-state index contributed by atoms with van der Waals surface area (Å²) in [6.07, 6.45) is 25.4. The molecule has 2 aromatic rings. The van der Waals surface area contributed by atoms with E-state index in [0.717, 1.165) is 13.1 Å². The van der Waals surface area contributed by atoms with Crippen LogP contribution in [-0.2, 0) is 25.9 Å². The topological polar surface area (TPSA) is 7.76 Å². The summed E-state index contributed by atoms with van der Waals surface area (Å²) < 4.78 is 4.55. The summed E-state index contributed by atoms with van der Waals surface area (Å²) >= 11 is 0. The Morgan fingerprint density at radius 2 is 0.893 bits per heavy atom. The lowest BCUT2D eigenvalue weighted by Gasteiger charge is -2.04. The largest absolute Gasteiger partial charge is 0.205 e. The minimum absolute atomic E-state index is 1.07. The van der Waals surface area contributed by atoms with Gasteiger partial charge in [-0.3, -0.25) is 0 Å². The number of hydrogen-bond donors (Lipinski definition) is 0. The SMILES string of the molecule is CC[n+]1cccc(CCCCCCCCCCCCc2ccc[n+](CC)c2)c1. The van der Waals surface area contributed by atoms with E-state index in [2.05, 4.69) is 72.0 Å². The van der Waals surface area contributed by atoms with Crippen molar-refractivity contribution in [3.8, 4) is 0 Å². The highest BCUT2D eigenvalue weighted by Gasteiger charge is 2.01. The van der Waals surface area contributed by atoms with E-state index in [1.165, 1.54) is 88.2 Å². The van der Waals surface area contributed by atoms with Crippen LogP contribution in [0.5, 0.6) is 0 Å². The van der Waals surface area contributed by atoms with Crippen molar-refractivity contribution in [3.05, 3.63) is 60.2 Å². The van der Waals surface area contributed by atoms with E-state index in [1.54, 1.807) is 0 Å². The molecule has 0 fully saturated rings. The normalized spacial score (nSPS) is 11.1. The van der Waals surface area contributed by atoms with E-state index in [-0.39, 0.29) is 0 Å². The van der Waals surface area contributed by atoms with Crippen molar-refractivity contribution in [2.24, 2.45) is 0 Å². The molecule has 0 bridgehead atoms. The lowest BCUT2D eigenvalue weighted by atomic mass is 10.0. The standard InChI is InChI=1S/C26H42N2/c1-3-27-21-15-19-25(23-27)17-13-11-9-7-5-6-8-10-12-14-18-26-20-16-22-28(4-2)24-26/h15-16,19-24H,3-14,17-18H2,1-2H3/q+2. The van der Waals surface area contributed by atoms with Gasteiger partial charge in [-0.2, -0.15) is 0 Å². The van der Waals surface area contributed by atoms with Crippen LogP contribution in [0, 0.1) is 0 Å². The third kappa shape index (κ3) is 9.48. The molecule has 0 spiro atoms. The van der Waals surface area contributed by atoms with Crippen LogP contribution < -0.4 is 9.13 Å². The Kier molecular flexibility index (Phi) is 11.6. The first-order valence-corrected chi connectivity index (χ1v) is 11.8. The fourth-order valence-electron chi connectivity index (χ4n) is 3.91.